The third-order valence-corrected chi connectivity index (χ3v) is 4.23. The van der Waals surface area contributed by atoms with E-state index in [4.69, 9.17) is 0 Å². The van der Waals surface area contributed by atoms with Crippen LogP contribution in [0.2, 0.25) is 0 Å². The van der Waals surface area contributed by atoms with Crippen molar-refractivity contribution in [2.45, 2.75) is 19.5 Å². The fraction of sp³-hybridized carbons (Fsp3) is 0.353. The lowest BCUT2D eigenvalue weighted by Crippen LogP contribution is -2.53. The number of carbonyl (C=O) groups excluding carboxylic acids is 1. The average Bonchev–Trinajstić information content (AvgIpc) is 2.45. The van der Waals surface area contributed by atoms with Gasteiger partial charge in [0.15, 0.2) is 0 Å². The first-order valence-electron chi connectivity index (χ1n) is 7.22. The van der Waals surface area contributed by atoms with Gasteiger partial charge in [-0.15, -0.1) is 0 Å². The van der Waals surface area contributed by atoms with Crippen LogP contribution in [0, 0.1) is 0 Å². The first-order valence-corrected chi connectivity index (χ1v) is 7.22. The highest BCUT2D eigenvalue weighted by Crippen LogP contribution is 2.22. The van der Waals surface area contributed by atoms with Crippen molar-refractivity contribution in [3.8, 4) is 5.75 Å². The number of phenols is 1. The van der Waals surface area contributed by atoms with Crippen molar-refractivity contribution in [3.63, 3.8) is 0 Å². The maximum absolute atomic E-state index is 11.9. The van der Waals surface area contributed by atoms with Crippen LogP contribution in [0.5, 0.6) is 5.75 Å². The SMILES string of the molecule is C[C@H]1CN(Cc2ccc3cc(O)ccc3c2)CC(=O)N1C. The fourth-order valence-corrected chi connectivity index (χ4v) is 2.87. The van der Waals surface area contributed by atoms with Crippen LogP contribution in [-0.2, 0) is 11.3 Å². The molecule has 0 aliphatic carbocycles. The van der Waals surface area contributed by atoms with Gasteiger partial charge in [0, 0.05) is 26.2 Å². The van der Waals surface area contributed by atoms with Crippen LogP contribution in [0.25, 0.3) is 10.8 Å². The van der Waals surface area contributed by atoms with Gasteiger partial charge in [-0.05, 0) is 41.5 Å². The molecule has 1 saturated heterocycles. The van der Waals surface area contributed by atoms with Crippen LogP contribution < -0.4 is 0 Å². The predicted molar refractivity (Wildman–Crippen MR) is 83.1 cm³/mol. The van der Waals surface area contributed by atoms with Crippen molar-refractivity contribution in [2.24, 2.45) is 0 Å². The summed E-state index contributed by atoms with van der Waals surface area (Å²) in [5.74, 6) is 0.466. The van der Waals surface area contributed by atoms with Crippen LogP contribution in [0.3, 0.4) is 0 Å². The van der Waals surface area contributed by atoms with E-state index in [9.17, 15) is 9.90 Å². The molecule has 0 spiro atoms. The first-order chi connectivity index (χ1) is 10.0. The number of likely N-dealkylation sites (N-methyl/N-ethyl adjacent to an activating group) is 1. The van der Waals surface area contributed by atoms with E-state index in [1.54, 1.807) is 12.1 Å². The van der Waals surface area contributed by atoms with Crippen molar-refractivity contribution < 1.29 is 9.90 Å². The second-order valence-electron chi connectivity index (χ2n) is 5.89. The van der Waals surface area contributed by atoms with Gasteiger partial charge in [0.05, 0.1) is 6.54 Å². The molecule has 0 bridgehead atoms. The van der Waals surface area contributed by atoms with Crippen molar-refractivity contribution in [1.29, 1.82) is 0 Å². The van der Waals surface area contributed by atoms with Crippen molar-refractivity contribution in [3.05, 3.63) is 42.0 Å². The van der Waals surface area contributed by atoms with E-state index in [0.29, 0.717) is 6.54 Å². The number of hydrogen-bond donors (Lipinski definition) is 1. The molecule has 3 rings (SSSR count). The third-order valence-electron chi connectivity index (χ3n) is 4.23. The van der Waals surface area contributed by atoms with Gasteiger partial charge in [0.1, 0.15) is 5.75 Å². The second kappa shape index (κ2) is 5.37. The highest BCUT2D eigenvalue weighted by molar-refractivity contribution is 5.84. The summed E-state index contributed by atoms with van der Waals surface area (Å²) in [6.07, 6.45) is 0. The number of fused-ring (bicyclic) bond motifs is 1. The lowest BCUT2D eigenvalue weighted by molar-refractivity contribution is -0.137. The Morgan fingerprint density at radius 1 is 1.19 bits per heavy atom. The summed E-state index contributed by atoms with van der Waals surface area (Å²) in [6, 6.07) is 11.9. The zero-order valence-corrected chi connectivity index (χ0v) is 12.4. The Morgan fingerprint density at radius 3 is 2.67 bits per heavy atom. The number of hydrogen-bond acceptors (Lipinski definition) is 3. The molecular weight excluding hydrogens is 264 g/mol. The second-order valence-corrected chi connectivity index (χ2v) is 5.89. The molecule has 2 aromatic rings. The van der Waals surface area contributed by atoms with E-state index in [1.807, 2.05) is 24.1 Å². The molecule has 4 heteroatoms. The summed E-state index contributed by atoms with van der Waals surface area (Å²) in [5.41, 5.74) is 1.19. The van der Waals surface area contributed by atoms with E-state index in [-0.39, 0.29) is 17.7 Å². The Bertz CT molecular complexity index is 684. The van der Waals surface area contributed by atoms with E-state index >= 15 is 0 Å². The number of carbonyl (C=O) groups is 1. The number of rotatable bonds is 2. The van der Waals surface area contributed by atoms with E-state index in [0.717, 1.165) is 23.9 Å². The van der Waals surface area contributed by atoms with E-state index < -0.39 is 0 Å². The molecule has 0 radical (unpaired) electrons. The molecule has 1 heterocycles. The molecule has 1 aliphatic heterocycles. The molecule has 21 heavy (non-hydrogen) atoms. The van der Waals surface area contributed by atoms with Gasteiger partial charge in [0.2, 0.25) is 5.91 Å². The van der Waals surface area contributed by atoms with Crippen LogP contribution in [-0.4, -0.2) is 47.0 Å². The summed E-state index contributed by atoms with van der Waals surface area (Å²) in [4.78, 5) is 15.9. The highest BCUT2D eigenvalue weighted by Gasteiger charge is 2.26. The monoisotopic (exact) mass is 284 g/mol. The van der Waals surface area contributed by atoms with Gasteiger partial charge in [-0.3, -0.25) is 9.69 Å². The van der Waals surface area contributed by atoms with Gasteiger partial charge >= 0.3 is 0 Å². The average molecular weight is 284 g/mol. The Balaban J connectivity index is 1.79. The molecule has 1 fully saturated rings. The molecular formula is C17H20N2O2. The minimum absolute atomic E-state index is 0.180. The summed E-state index contributed by atoms with van der Waals surface area (Å²) in [5, 5.41) is 11.6. The smallest absolute Gasteiger partial charge is 0.236 e. The zero-order valence-electron chi connectivity index (χ0n) is 12.4. The van der Waals surface area contributed by atoms with Gasteiger partial charge in [-0.1, -0.05) is 18.2 Å². The summed E-state index contributed by atoms with van der Waals surface area (Å²) < 4.78 is 0. The molecule has 1 aliphatic rings. The lowest BCUT2D eigenvalue weighted by Gasteiger charge is -2.37. The van der Waals surface area contributed by atoms with Gasteiger partial charge < -0.3 is 10.0 Å². The van der Waals surface area contributed by atoms with Crippen LogP contribution in [0.15, 0.2) is 36.4 Å². The number of nitrogens with zero attached hydrogens (tertiary/aromatic N) is 2. The first kappa shape index (κ1) is 13.9. The number of phenolic OH excluding ortho intramolecular Hbond substituents is 1. The summed E-state index contributed by atoms with van der Waals surface area (Å²) in [6.45, 7) is 4.23. The maximum Gasteiger partial charge on any atom is 0.236 e. The van der Waals surface area contributed by atoms with Gasteiger partial charge in [-0.25, -0.2) is 0 Å². The van der Waals surface area contributed by atoms with Crippen molar-refractivity contribution in [1.82, 2.24) is 9.80 Å². The Labute approximate surface area is 124 Å². The highest BCUT2D eigenvalue weighted by atomic mass is 16.3. The third kappa shape index (κ3) is 2.85. The molecule has 110 valence electrons. The standard InChI is InChI=1S/C17H20N2O2/c1-12-9-19(11-17(21)18(12)2)10-13-3-4-15-8-16(20)6-5-14(15)7-13/h3-8,12,20H,9-11H2,1-2H3/t12-/m0/s1. The number of piperazine rings is 1. The molecule has 4 nitrogen and oxygen atoms in total. The maximum atomic E-state index is 11.9. The van der Waals surface area contributed by atoms with Gasteiger partial charge in [-0.2, -0.15) is 0 Å². The minimum Gasteiger partial charge on any atom is -0.508 e. The summed E-state index contributed by atoms with van der Waals surface area (Å²) in [7, 11) is 1.87. The largest absolute Gasteiger partial charge is 0.508 e. The molecule has 0 aromatic heterocycles. The fourth-order valence-electron chi connectivity index (χ4n) is 2.87. The number of benzene rings is 2. The minimum atomic E-state index is 0.180. The predicted octanol–water partition coefficient (Wildman–Crippen LogP) is 2.21. The Kier molecular flexibility index (Phi) is 3.55. The van der Waals surface area contributed by atoms with Crippen molar-refractivity contribution in [2.75, 3.05) is 20.1 Å². The molecule has 1 N–H and O–H groups in total. The molecule has 1 amide bonds. The zero-order chi connectivity index (χ0) is 15.0. The lowest BCUT2D eigenvalue weighted by atomic mass is 10.1. The number of aromatic hydroxyl groups is 1. The normalized spacial score (nSPS) is 20.2. The van der Waals surface area contributed by atoms with Crippen molar-refractivity contribution >= 4 is 16.7 Å². The van der Waals surface area contributed by atoms with Crippen LogP contribution in [0.1, 0.15) is 12.5 Å². The summed E-state index contributed by atoms with van der Waals surface area (Å²) >= 11 is 0. The van der Waals surface area contributed by atoms with Crippen LogP contribution >= 0.6 is 0 Å². The Hall–Kier alpha value is -2.07. The Morgan fingerprint density at radius 2 is 1.90 bits per heavy atom. The van der Waals surface area contributed by atoms with E-state index in [2.05, 4.69) is 24.0 Å². The van der Waals surface area contributed by atoms with Gasteiger partial charge in [0.25, 0.3) is 0 Å². The molecule has 0 saturated carbocycles. The van der Waals surface area contributed by atoms with E-state index in [1.165, 1.54) is 5.56 Å². The molecule has 0 unspecified atom stereocenters. The topological polar surface area (TPSA) is 43.8 Å². The quantitative estimate of drug-likeness (QED) is 0.919. The molecule has 2 aromatic carbocycles. The molecule has 1 atom stereocenters. The number of amides is 1. The van der Waals surface area contributed by atoms with Crippen LogP contribution in [0.4, 0.5) is 0 Å².